The number of hydrogen-bond acceptors (Lipinski definition) is 13. The van der Waals surface area contributed by atoms with Crippen LogP contribution in [0.2, 0.25) is 0 Å². The minimum absolute atomic E-state index is 0.227. The maximum atomic E-state index is 13.3. The second-order valence-corrected chi connectivity index (χ2v) is 23.6. The maximum Gasteiger partial charge on any atom is 0.220 e. The Morgan fingerprint density at radius 3 is 1.28 bits per heavy atom. The number of nitrogens with one attached hydrogen (secondary N) is 1. The fourth-order valence-corrected chi connectivity index (χ4v) is 10.5. The number of ether oxygens (including phenoxy) is 4. The summed E-state index contributed by atoms with van der Waals surface area (Å²) in [6, 6.07) is -0.959. The Morgan fingerprint density at radius 2 is 0.814 bits per heavy atom. The van der Waals surface area contributed by atoms with Gasteiger partial charge >= 0.3 is 0 Å². The standard InChI is InChI=1S/C72H123NO13/c1-3-5-7-9-11-13-15-17-19-21-23-25-27-29-30-32-33-35-37-39-41-43-45-47-49-51-53-55-61(76)60(59-83-71-69(82)67(80)70(63(58-75)85-71)86-72-68(81)66(79)65(78)62(57-74)84-72)73-64(77)56-54-52-50-48-46-44-42-40-38-36-34-31-28-26-24-22-20-18-16-14-12-10-8-6-4-2/h6,8,12,14,18,20,24,26,31,34,38,40,44-47,53,55,60-63,65-72,74-76,78-82H,3-5,7,9-11,13,15-17,19,21-23,25,27-30,32-33,35-37,39,41-43,48-52,54,56-59H2,1-2H3,(H,73,77)/b8-6-,14-12-,20-18-,26-24-,34-31-,40-38-,46-44-,47-45+,55-53+. The number of unbranched alkanes of at least 4 members (excludes halogenated alkanes) is 25. The lowest BCUT2D eigenvalue weighted by Gasteiger charge is -2.46. The van der Waals surface area contributed by atoms with Crippen molar-refractivity contribution < 1.29 is 64.6 Å². The van der Waals surface area contributed by atoms with E-state index in [-0.39, 0.29) is 18.9 Å². The number of aliphatic hydroxyl groups excluding tert-OH is 8. The molecule has 9 N–H and O–H groups in total. The van der Waals surface area contributed by atoms with Gasteiger partial charge in [-0.3, -0.25) is 4.79 Å². The molecule has 0 saturated carbocycles. The lowest BCUT2D eigenvalue weighted by Crippen LogP contribution is -2.65. The van der Waals surface area contributed by atoms with Crippen molar-refractivity contribution in [3.8, 4) is 0 Å². The molecule has 0 aromatic heterocycles. The van der Waals surface area contributed by atoms with E-state index in [0.29, 0.717) is 12.8 Å². The molecule has 0 radical (unpaired) electrons. The quantitative estimate of drug-likeness (QED) is 0.0204. The highest BCUT2D eigenvalue weighted by Gasteiger charge is 2.51. The molecule has 2 aliphatic rings. The highest BCUT2D eigenvalue weighted by molar-refractivity contribution is 5.76. The molecule has 0 aromatic rings. The highest BCUT2D eigenvalue weighted by Crippen LogP contribution is 2.30. The molecule has 86 heavy (non-hydrogen) atoms. The maximum absolute atomic E-state index is 13.3. The number of hydrogen-bond donors (Lipinski definition) is 9. The smallest absolute Gasteiger partial charge is 0.220 e. The molecule has 2 saturated heterocycles. The van der Waals surface area contributed by atoms with Gasteiger partial charge in [-0.1, -0.05) is 258 Å². The van der Waals surface area contributed by atoms with Crippen molar-refractivity contribution in [1.29, 1.82) is 0 Å². The Morgan fingerprint density at radius 1 is 0.430 bits per heavy atom. The van der Waals surface area contributed by atoms with Crippen LogP contribution < -0.4 is 5.32 Å². The first kappa shape index (κ1) is 78.7. The number of aliphatic hydroxyl groups is 8. The van der Waals surface area contributed by atoms with Gasteiger partial charge in [0, 0.05) is 6.42 Å². The zero-order valence-electron chi connectivity index (χ0n) is 53.5. The molecule has 494 valence electrons. The summed E-state index contributed by atoms with van der Waals surface area (Å²) in [5.74, 6) is -0.284. The van der Waals surface area contributed by atoms with Crippen LogP contribution >= 0.6 is 0 Å². The van der Waals surface area contributed by atoms with Gasteiger partial charge < -0.3 is 65.1 Å². The van der Waals surface area contributed by atoms with Gasteiger partial charge in [-0.25, -0.2) is 0 Å². The van der Waals surface area contributed by atoms with E-state index in [2.05, 4.69) is 116 Å². The van der Waals surface area contributed by atoms with E-state index >= 15 is 0 Å². The van der Waals surface area contributed by atoms with Crippen LogP contribution in [0.3, 0.4) is 0 Å². The molecule has 12 atom stereocenters. The van der Waals surface area contributed by atoms with Crippen molar-refractivity contribution >= 4 is 5.91 Å². The number of rotatable bonds is 54. The average Bonchev–Trinajstić information content (AvgIpc) is 2.54. The summed E-state index contributed by atoms with van der Waals surface area (Å²) < 4.78 is 22.8. The number of allylic oxidation sites excluding steroid dienone is 17. The van der Waals surface area contributed by atoms with Crippen LogP contribution in [0.4, 0.5) is 0 Å². The molecule has 14 nitrogen and oxygen atoms in total. The summed E-state index contributed by atoms with van der Waals surface area (Å²) in [4.78, 5) is 13.3. The molecule has 0 bridgehead atoms. The van der Waals surface area contributed by atoms with Crippen molar-refractivity contribution in [2.75, 3.05) is 19.8 Å². The zero-order chi connectivity index (χ0) is 62.3. The SMILES string of the molecule is CC/C=C\C/C=C\C/C=C\C/C=C\C/C=C\C/C=C\C/C=C\CCCCCC(=O)NC(COC1OC(CO)C(OC2OC(CO)C(O)C(O)C2O)C(O)C1O)C(O)/C=C/CC/C=C/CCCCCCCCCCCCCCCCCCCCCCC. The predicted octanol–water partition coefficient (Wildman–Crippen LogP) is 13.6. The number of carbonyl (C=O) groups excluding carboxylic acids is 1. The lowest BCUT2D eigenvalue weighted by atomic mass is 9.97. The Bertz CT molecular complexity index is 1860. The summed E-state index contributed by atoms with van der Waals surface area (Å²) >= 11 is 0. The van der Waals surface area contributed by atoms with Crippen molar-refractivity contribution in [3.63, 3.8) is 0 Å². The first-order valence-electron chi connectivity index (χ1n) is 34.1. The molecule has 2 fully saturated rings. The van der Waals surface area contributed by atoms with Crippen molar-refractivity contribution in [3.05, 3.63) is 109 Å². The van der Waals surface area contributed by atoms with Crippen LogP contribution in [0.1, 0.15) is 245 Å². The van der Waals surface area contributed by atoms with Crippen molar-refractivity contribution in [2.24, 2.45) is 0 Å². The summed E-state index contributed by atoms with van der Waals surface area (Å²) in [6.45, 7) is 2.65. The van der Waals surface area contributed by atoms with Crippen LogP contribution in [0.15, 0.2) is 109 Å². The second kappa shape index (κ2) is 55.7. The van der Waals surface area contributed by atoms with E-state index in [1.807, 2.05) is 6.08 Å². The highest BCUT2D eigenvalue weighted by atomic mass is 16.7. The van der Waals surface area contributed by atoms with Gasteiger partial charge in [0.1, 0.15) is 48.8 Å². The summed E-state index contributed by atoms with van der Waals surface area (Å²) in [5.41, 5.74) is 0. The molecule has 2 rings (SSSR count). The molecule has 2 heterocycles. The first-order chi connectivity index (χ1) is 42.1. The van der Waals surface area contributed by atoms with Gasteiger partial charge in [0.05, 0.1) is 32.0 Å². The normalized spacial score (nSPS) is 24.1. The molecule has 12 unspecified atom stereocenters. The predicted molar refractivity (Wildman–Crippen MR) is 350 cm³/mol. The van der Waals surface area contributed by atoms with Crippen molar-refractivity contribution in [1.82, 2.24) is 5.32 Å². The Kier molecular flexibility index (Phi) is 51.0. The molecular weight excluding hydrogens is 1090 g/mol. The molecule has 0 spiro atoms. The zero-order valence-corrected chi connectivity index (χ0v) is 53.5. The Hall–Kier alpha value is -3.35. The first-order valence-corrected chi connectivity index (χ1v) is 34.1. The monoisotopic (exact) mass is 1210 g/mol. The van der Waals surface area contributed by atoms with E-state index in [1.165, 1.54) is 135 Å². The summed E-state index contributed by atoms with van der Waals surface area (Å²) in [5, 5.41) is 87.3. The number of amides is 1. The van der Waals surface area contributed by atoms with E-state index in [0.717, 1.165) is 77.0 Å². The minimum atomic E-state index is -1.80. The van der Waals surface area contributed by atoms with E-state index in [4.69, 9.17) is 18.9 Å². The molecule has 0 aromatic carbocycles. The van der Waals surface area contributed by atoms with Gasteiger partial charge in [-0.2, -0.15) is 0 Å². The Labute approximate surface area is 521 Å². The second-order valence-electron chi connectivity index (χ2n) is 23.6. The van der Waals surface area contributed by atoms with Crippen LogP contribution in [-0.4, -0.2) is 140 Å². The van der Waals surface area contributed by atoms with E-state index < -0.39 is 86.8 Å². The molecule has 2 aliphatic heterocycles. The molecule has 14 heteroatoms. The van der Waals surface area contributed by atoms with Crippen molar-refractivity contribution in [2.45, 2.75) is 319 Å². The third kappa shape index (κ3) is 39.6. The van der Waals surface area contributed by atoms with Gasteiger partial charge in [0.15, 0.2) is 12.6 Å². The third-order valence-electron chi connectivity index (χ3n) is 15.9. The average molecular weight is 1210 g/mol. The third-order valence-corrected chi connectivity index (χ3v) is 15.9. The molecule has 0 aliphatic carbocycles. The van der Waals surface area contributed by atoms with E-state index in [1.54, 1.807) is 6.08 Å². The minimum Gasteiger partial charge on any atom is -0.394 e. The Balaban J connectivity index is 1.75. The topological polar surface area (TPSA) is 228 Å². The molecule has 1 amide bonds. The van der Waals surface area contributed by atoms with Gasteiger partial charge in [-0.05, 0) is 89.9 Å². The van der Waals surface area contributed by atoms with Crippen LogP contribution in [0, 0.1) is 0 Å². The summed E-state index contributed by atoms with van der Waals surface area (Å²) in [6.07, 6.45) is 62.8. The number of carbonyl (C=O) groups is 1. The van der Waals surface area contributed by atoms with Crippen LogP contribution in [0.25, 0.3) is 0 Å². The van der Waals surface area contributed by atoms with Crippen LogP contribution in [0.5, 0.6) is 0 Å². The van der Waals surface area contributed by atoms with Gasteiger partial charge in [0.25, 0.3) is 0 Å². The molecular formula is C72H123NO13. The lowest BCUT2D eigenvalue weighted by molar-refractivity contribution is -0.359. The van der Waals surface area contributed by atoms with Crippen LogP contribution in [-0.2, 0) is 23.7 Å². The van der Waals surface area contributed by atoms with Gasteiger partial charge in [-0.15, -0.1) is 0 Å². The van der Waals surface area contributed by atoms with Gasteiger partial charge in [0.2, 0.25) is 5.91 Å². The summed E-state index contributed by atoms with van der Waals surface area (Å²) in [7, 11) is 0. The van der Waals surface area contributed by atoms with E-state index in [9.17, 15) is 45.6 Å². The largest absolute Gasteiger partial charge is 0.394 e. The fraction of sp³-hybridized carbons (Fsp3) is 0.736. The fourth-order valence-electron chi connectivity index (χ4n) is 10.5.